The number of carbonyl (C=O) groups excluding carboxylic acids is 2. The van der Waals surface area contributed by atoms with Crippen LogP contribution in [0.2, 0.25) is 0 Å². The van der Waals surface area contributed by atoms with Crippen LogP contribution in [0.5, 0.6) is 0 Å². The summed E-state index contributed by atoms with van der Waals surface area (Å²) in [5.41, 5.74) is 0. The summed E-state index contributed by atoms with van der Waals surface area (Å²) in [6.45, 7) is 4.59. The third-order valence-corrected chi connectivity index (χ3v) is 3.36. The van der Waals surface area contributed by atoms with Crippen LogP contribution in [0.3, 0.4) is 0 Å². The Morgan fingerprint density at radius 1 is 1.29 bits per heavy atom. The lowest BCUT2D eigenvalue weighted by Crippen LogP contribution is -2.49. The van der Waals surface area contributed by atoms with Crippen LogP contribution in [-0.4, -0.2) is 49.1 Å². The summed E-state index contributed by atoms with van der Waals surface area (Å²) in [5, 5.41) is 2.57. The highest BCUT2D eigenvalue weighted by Crippen LogP contribution is 2.21. The largest absolute Gasteiger partial charge is 0.468 e. The standard InChI is InChI=1S/C12H22N2O3/c1-9-5-4-6-10(2)14(9)8-11(15)13-7-12(16)17-3/h9-10H,4-8H2,1-3H3,(H,13,15). The fraction of sp³-hybridized carbons (Fsp3) is 0.833. The van der Waals surface area contributed by atoms with Crippen molar-refractivity contribution in [2.24, 2.45) is 0 Å². The molecule has 0 radical (unpaired) electrons. The van der Waals surface area contributed by atoms with Gasteiger partial charge in [0, 0.05) is 12.1 Å². The van der Waals surface area contributed by atoms with Crippen LogP contribution in [-0.2, 0) is 14.3 Å². The number of hydrogen-bond acceptors (Lipinski definition) is 4. The van der Waals surface area contributed by atoms with Crippen molar-refractivity contribution in [3.8, 4) is 0 Å². The van der Waals surface area contributed by atoms with E-state index in [4.69, 9.17) is 0 Å². The quantitative estimate of drug-likeness (QED) is 0.731. The maximum absolute atomic E-state index is 11.7. The fourth-order valence-corrected chi connectivity index (χ4v) is 2.25. The number of amides is 1. The predicted octanol–water partition coefficient (Wildman–Crippen LogP) is 0.539. The smallest absolute Gasteiger partial charge is 0.325 e. The van der Waals surface area contributed by atoms with Crippen molar-refractivity contribution in [1.29, 1.82) is 0 Å². The molecule has 1 rings (SSSR count). The van der Waals surface area contributed by atoms with E-state index in [0.717, 1.165) is 12.8 Å². The molecule has 0 aromatic rings. The molecule has 1 heterocycles. The summed E-state index contributed by atoms with van der Waals surface area (Å²) in [6.07, 6.45) is 3.49. The van der Waals surface area contributed by atoms with E-state index in [1.165, 1.54) is 13.5 Å². The number of methoxy groups -OCH3 is 1. The van der Waals surface area contributed by atoms with Gasteiger partial charge >= 0.3 is 5.97 Å². The van der Waals surface area contributed by atoms with Gasteiger partial charge in [-0.15, -0.1) is 0 Å². The monoisotopic (exact) mass is 242 g/mol. The molecule has 0 bridgehead atoms. The van der Waals surface area contributed by atoms with Gasteiger partial charge in [0.1, 0.15) is 6.54 Å². The molecule has 1 amide bonds. The zero-order valence-corrected chi connectivity index (χ0v) is 10.9. The van der Waals surface area contributed by atoms with Crippen molar-refractivity contribution in [3.05, 3.63) is 0 Å². The Morgan fingerprint density at radius 3 is 2.41 bits per heavy atom. The van der Waals surface area contributed by atoms with Crippen molar-refractivity contribution >= 4 is 11.9 Å². The topological polar surface area (TPSA) is 58.6 Å². The van der Waals surface area contributed by atoms with E-state index < -0.39 is 5.97 Å². The Morgan fingerprint density at radius 2 is 1.88 bits per heavy atom. The molecule has 5 nitrogen and oxygen atoms in total. The molecule has 5 heteroatoms. The Labute approximate surface area is 102 Å². The van der Waals surface area contributed by atoms with Crippen molar-refractivity contribution in [2.45, 2.75) is 45.2 Å². The lowest BCUT2D eigenvalue weighted by atomic mass is 9.97. The Kier molecular flexibility index (Phi) is 5.41. The number of esters is 1. The molecule has 0 aliphatic carbocycles. The number of ether oxygens (including phenoxy) is 1. The third kappa shape index (κ3) is 4.34. The number of carbonyl (C=O) groups is 2. The summed E-state index contributed by atoms with van der Waals surface area (Å²) >= 11 is 0. The predicted molar refractivity (Wildman–Crippen MR) is 64.5 cm³/mol. The molecule has 1 fully saturated rings. The first-order valence-electron chi connectivity index (χ1n) is 6.14. The van der Waals surface area contributed by atoms with E-state index in [1.54, 1.807) is 0 Å². The number of likely N-dealkylation sites (tertiary alicyclic amines) is 1. The van der Waals surface area contributed by atoms with Gasteiger partial charge in [0.05, 0.1) is 13.7 Å². The van der Waals surface area contributed by atoms with Gasteiger partial charge in [-0.05, 0) is 26.7 Å². The normalized spacial score (nSPS) is 25.4. The molecule has 17 heavy (non-hydrogen) atoms. The molecule has 1 N–H and O–H groups in total. The van der Waals surface area contributed by atoms with Crippen molar-refractivity contribution < 1.29 is 14.3 Å². The second kappa shape index (κ2) is 6.59. The van der Waals surface area contributed by atoms with E-state index in [-0.39, 0.29) is 12.5 Å². The van der Waals surface area contributed by atoms with Crippen LogP contribution in [0.4, 0.5) is 0 Å². The summed E-state index contributed by atoms with van der Waals surface area (Å²) in [6, 6.07) is 0.866. The zero-order chi connectivity index (χ0) is 12.8. The number of hydrogen-bond donors (Lipinski definition) is 1. The van der Waals surface area contributed by atoms with Crippen molar-refractivity contribution in [1.82, 2.24) is 10.2 Å². The first-order chi connectivity index (χ1) is 8.04. The molecule has 1 saturated heterocycles. The van der Waals surface area contributed by atoms with Crippen LogP contribution in [0, 0.1) is 0 Å². The second-order valence-corrected chi connectivity index (χ2v) is 4.65. The number of nitrogens with one attached hydrogen (secondary N) is 1. The SMILES string of the molecule is COC(=O)CNC(=O)CN1C(C)CCCC1C. The first-order valence-corrected chi connectivity index (χ1v) is 6.14. The molecule has 1 aliphatic rings. The third-order valence-electron chi connectivity index (χ3n) is 3.36. The molecule has 0 aromatic carbocycles. The second-order valence-electron chi connectivity index (χ2n) is 4.65. The summed E-state index contributed by atoms with van der Waals surface area (Å²) < 4.78 is 4.47. The Bertz CT molecular complexity index is 271. The van der Waals surface area contributed by atoms with Crippen LogP contribution < -0.4 is 5.32 Å². The van der Waals surface area contributed by atoms with Crippen LogP contribution in [0.25, 0.3) is 0 Å². The van der Waals surface area contributed by atoms with Crippen LogP contribution in [0.1, 0.15) is 33.1 Å². The highest BCUT2D eigenvalue weighted by atomic mass is 16.5. The lowest BCUT2D eigenvalue weighted by Gasteiger charge is -2.38. The van der Waals surface area contributed by atoms with E-state index >= 15 is 0 Å². The Balaban J connectivity index is 2.36. The number of rotatable bonds is 4. The zero-order valence-electron chi connectivity index (χ0n) is 10.9. The van der Waals surface area contributed by atoms with Gasteiger partial charge in [0.15, 0.2) is 0 Å². The van der Waals surface area contributed by atoms with Gasteiger partial charge in [0.25, 0.3) is 0 Å². The minimum absolute atomic E-state index is 0.0497. The molecule has 0 saturated carbocycles. The minimum atomic E-state index is -0.418. The Hall–Kier alpha value is -1.10. The van der Waals surface area contributed by atoms with Gasteiger partial charge in [-0.25, -0.2) is 0 Å². The van der Waals surface area contributed by atoms with Crippen molar-refractivity contribution in [2.75, 3.05) is 20.2 Å². The van der Waals surface area contributed by atoms with Gasteiger partial charge < -0.3 is 10.1 Å². The maximum atomic E-state index is 11.7. The maximum Gasteiger partial charge on any atom is 0.325 e. The van der Waals surface area contributed by atoms with Gasteiger partial charge in [-0.1, -0.05) is 6.42 Å². The molecule has 0 aromatic heterocycles. The average Bonchev–Trinajstić information content (AvgIpc) is 2.31. The van der Waals surface area contributed by atoms with Crippen molar-refractivity contribution in [3.63, 3.8) is 0 Å². The summed E-state index contributed by atoms with van der Waals surface area (Å²) in [7, 11) is 1.31. The van der Waals surface area contributed by atoms with Crippen LogP contribution in [0.15, 0.2) is 0 Å². The highest BCUT2D eigenvalue weighted by Gasteiger charge is 2.26. The van der Waals surface area contributed by atoms with E-state index in [1.807, 2.05) is 0 Å². The molecular formula is C12H22N2O3. The lowest BCUT2D eigenvalue weighted by molar-refractivity contribution is -0.141. The fourth-order valence-electron chi connectivity index (χ4n) is 2.25. The van der Waals surface area contributed by atoms with E-state index in [9.17, 15) is 9.59 Å². The molecule has 1 aliphatic heterocycles. The number of piperidine rings is 1. The number of nitrogens with zero attached hydrogens (tertiary/aromatic N) is 1. The molecule has 98 valence electrons. The van der Waals surface area contributed by atoms with Gasteiger partial charge in [-0.2, -0.15) is 0 Å². The van der Waals surface area contributed by atoms with Gasteiger partial charge in [0.2, 0.25) is 5.91 Å². The van der Waals surface area contributed by atoms with Gasteiger partial charge in [-0.3, -0.25) is 14.5 Å². The van der Waals surface area contributed by atoms with Crippen LogP contribution >= 0.6 is 0 Å². The van der Waals surface area contributed by atoms with E-state index in [2.05, 4.69) is 28.8 Å². The molecule has 2 unspecified atom stereocenters. The molecular weight excluding hydrogens is 220 g/mol. The molecule has 0 spiro atoms. The molecule has 2 atom stereocenters. The summed E-state index contributed by atoms with van der Waals surface area (Å²) in [5.74, 6) is -0.533. The minimum Gasteiger partial charge on any atom is -0.468 e. The van der Waals surface area contributed by atoms with E-state index in [0.29, 0.717) is 18.6 Å². The summed E-state index contributed by atoms with van der Waals surface area (Å²) in [4.78, 5) is 24.7. The first kappa shape index (κ1) is 14.0. The average molecular weight is 242 g/mol. The highest BCUT2D eigenvalue weighted by molar-refractivity contribution is 5.83.